The summed E-state index contributed by atoms with van der Waals surface area (Å²) in [5.41, 5.74) is 0.366. The maximum absolute atomic E-state index is 12.4. The van der Waals surface area contributed by atoms with Crippen LogP contribution in [0, 0.1) is 5.92 Å². The van der Waals surface area contributed by atoms with Crippen LogP contribution in [0.25, 0.3) is 0 Å². The largest absolute Gasteiger partial charge is 0.452 e. The number of anilines is 1. The van der Waals surface area contributed by atoms with Crippen LogP contribution in [0.4, 0.5) is 5.69 Å². The number of amides is 2. The Bertz CT molecular complexity index is 849. The fourth-order valence-electron chi connectivity index (χ4n) is 2.61. The molecule has 0 spiro atoms. The van der Waals surface area contributed by atoms with E-state index in [1.165, 1.54) is 29.5 Å². The van der Waals surface area contributed by atoms with Gasteiger partial charge in [-0.1, -0.05) is 17.7 Å². The van der Waals surface area contributed by atoms with E-state index in [2.05, 4.69) is 10.6 Å². The number of rotatable bonds is 7. The zero-order chi connectivity index (χ0) is 19.4. The lowest BCUT2D eigenvalue weighted by Crippen LogP contribution is -2.37. The van der Waals surface area contributed by atoms with Crippen LogP contribution < -0.4 is 10.6 Å². The van der Waals surface area contributed by atoms with E-state index in [4.69, 9.17) is 16.3 Å². The molecule has 1 aromatic carbocycles. The van der Waals surface area contributed by atoms with Gasteiger partial charge >= 0.3 is 5.97 Å². The highest BCUT2D eigenvalue weighted by atomic mass is 35.5. The summed E-state index contributed by atoms with van der Waals surface area (Å²) < 4.78 is 5.10. The number of benzene rings is 1. The predicted molar refractivity (Wildman–Crippen MR) is 104 cm³/mol. The second-order valence-corrected chi connectivity index (χ2v) is 7.78. The Labute approximate surface area is 165 Å². The molecule has 2 amide bonds. The Morgan fingerprint density at radius 1 is 1.30 bits per heavy atom. The Balaban J connectivity index is 1.63. The third-order valence-corrected chi connectivity index (χ3v) is 5.35. The third kappa shape index (κ3) is 5.30. The van der Waals surface area contributed by atoms with Gasteiger partial charge in [0.1, 0.15) is 0 Å². The van der Waals surface area contributed by atoms with E-state index in [0.717, 1.165) is 12.8 Å². The van der Waals surface area contributed by atoms with Gasteiger partial charge in [0, 0.05) is 11.1 Å². The molecule has 1 aliphatic rings. The van der Waals surface area contributed by atoms with Gasteiger partial charge in [-0.05, 0) is 55.3 Å². The molecule has 0 bridgehead atoms. The molecule has 0 aliphatic heterocycles. The quantitative estimate of drug-likeness (QED) is 0.686. The summed E-state index contributed by atoms with van der Waals surface area (Å²) in [5, 5.41) is 7.63. The van der Waals surface area contributed by atoms with Crippen molar-refractivity contribution in [3.8, 4) is 0 Å². The lowest BCUT2D eigenvalue weighted by Gasteiger charge is -2.14. The summed E-state index contributed by atoms with van der Waals surface area (Å²) in [6.07, 6.45) is 2.22. The number of hydrogen-bond acceptors (Lipinski definition) is 5. The Morgan fingerprint density at radius 2 is 2.07 bits per heavy atom. The first-order valence-corrected chi connectivity index (χ1v) is 9.80. The number of hydrogen-bond donors (Lipinski definition) is 2. The number of carbonyl (C=O) groups is 3. The van der Waals surface area contributed by atoms with Gasteiger partial charge in [-0.2, -0.15) is 0 Å². The minimum Gasteiger partial charge on any atom is -0.452 e. The highest BCUT2D eigenvalue weighted by molar-refractivity contribution is 7.12. The lowest BCUT2D eigenvalue weighted by molar-refractivity contribution is -0.124. The maximum Gasteiger partial charge on any atom is 0.340 e. The Kier molecular flexibility index (Phi) is 6.13. The second kappa shape index (κ2) is 8.54. The molecule has 1 aliphatic carbocycles. The summed E-state index contributed by atoms with van der Waals surface area (Å²) in [4.78, 5) is 37.1. The SMILES string of the molecule is C[C@H](NC(=O)COC(=O)c1ccc(Cl)cc1NC(=O)c1cccs1)C1CC1. The first-order valence-electron chi connectivity index (χ1n) is 8.55. The highest BCUT2D eigenvalue weighted by Crippen LogP contribution is 2.32. The summed E-state index contributed by atoms with van der Waals surface area (Å²) in [6, 6.07) is 7.96. The molecule has 1 atom stereocenters. The lowest BCUT2D eigenvalue weighted by atomic mass is 10.1. The Hall–Kier alpha value is -2.38. The number of nitrogens with one attached hydrogen (secondary N) is 2. The van der Waals surface area contributed by atoms with Gasteiger partial charge in [0.25, 0.3) is 11.8 Å². The van der Waals surface area contributed by atoms with Crippen molar-refractivity contribution in [2.24, 2.45) is 5.92 Å². The predicted octanol–water partition coefficient (Wildman–Crippen LogP) is 3.73. The van der Waals surface area contributed by atoms with E-state index < -0.39 is 5.97 Å². The molecule has 2 N–H and O–H groups in total. The van der Waals surface area contributed by atoms with Crippen LogP contribution >= 0.6 is 22.9 Å². The van der Waals surface area contributed by atoms with Crippen molar-refractivity contribution < 1.29 is 19.1 Å². The molecule has 142 valence electrons. The van der Waals surface area contributed by atoms with Gasteiger partial charge in [-0.25, -0.2) is 4.79 Å². The number of halogens is 1. The number of esters is 1. The maximum atomic E-state index is 12.4. The molecule has 1 heterocycles. The molecule has 0 radical (unpaired) electrons. The van der Waals surface area contributed by atoms with E-state index in [9.17, 15) is 14.4 Å². The minimum absolute atomic E-state index is 0.0763. The molecular weight excluding hydrogens is 388 g/mol. The summed E-state index contributed by atoms with van der Waals surface area (Å²) in [6.45, 7) is 1.56. The van der Waals surface area contributed by atoms with Crippen molar-refractivity contribution in [3.63, 3.8) is 0 Å². The van der Waals surface area contributed by atoms with E-state index in [1.54, 1.807) is 17.5 Å². The van der Waals surface area contributed by atoms with Crippen molar-refractivity contribution in [3.05, 3.63) is 51.2 Å². The third-order valence-electron chi connectivity index (χ3n) is 4.25. The second-order valence-electron chi connectivity index (χ2n) is 6.39. The van der Waals surface area contributed by atoms with E-state index in [1.807, 2.05) is 6.92 Å². The molecular formula is C19H19ClN2O4S. The topological polar surface area (TPSA) is 84.5 Å². The average Bonchev–Trinajstić information content (AvgIpc) is 3.34. The molecule has 6 nitrogen and oxygen atoms in total. The van der Waals surface area contributed by atoms with E-state index in [-0.39, 0.29) is 35.7 Å². The standard InChI is InChI=1S/C19H19ClN2O4S/c1-11(12-4-5-12)21-17(23)10-26-19(25)14-7-6-13(20)9-15(14)22-18(24)16-3-2-8-27-16/h2-3,6-9,11-12H,4-5,10H2,1H3,(H,21,23)(H,22,24)/t11-/m0/s1. The normalized spacial score (nSPS) is 14.3. The van der Waals surface area contributed by atoms with E-state index >= 15 is 0 Å². The van der Waals surface area contributed by atoms with Crippen molar-refractivity contribution in [1.29, 1.82) is 0 Å². The van der Waals surface area contributed by atoms with Crippen LogP contribution in [-0.2, 0) is 9.53 Å². The van der Waals surface area contributed by atoms with Crippen LogP contribution in [0.1, 0.15) is 39.8 Å². The van der Waals surface area contributed by atoms with Gasteiger partial charge < -0.3 is 15.4 Å². The van der Waals surface area contributed by atoms with Gasteiger partial charge in [0.15, 0.2) is 6.61 Å². The van der Waals surface area contributed by atoms with Gasteiger partial charge in [-0.15, -0.1) is 11.3 Å². The first-order chi connectivity index (χ1) is 12.9. The van der Waals surface area contributed by atoms with Crippen molar-refractivity contribution in [2.75, 3.05) is 11.9 Å². The fourth-order valence-corrected chi connectivity index (χ4v) is 3.40. The Morgan fingerprint density at radius 3 is 2.74 bits per heavy atom. The zero-order valence-electron chi connectivity index (χ0n) is 14.7. The average molecular weight is 407 g/mol. The van der Waals surface area contributed by atoms with Crippen molar-refractivity contribution in [1.82, 2.24) is 5.32 Å². The number of carbonyl (C=O) groups excluding carboxylic acids is 3. The van der Waals surface area contributed by atoms with Crippen LogP contribution in [0.5, 0.6) is 0 Å². The first kappa shape index (κ1) is 19.4. The molecule has 1 saturated carbocycles. The molecule has 2 aromatic rings. The van der Waals surface area contributed by atoms with Crippen molar-refractivity contribution in [2.45, 2.75) is 25.8 Å². The summed E-state index contributed by atoms with van der Waals surface area (Å²) in [5.74, 6) is -0.888. The molecule has 27 heavy (non-hydrogen) atoms. The molecule has 0 unspecified atom stereocenters. The molecule has 1 aromatic heterocycles. The van der Waals surface area contributed by atoms with Crippen LogP contribution in [0.2, 0.25) is 5.02 Å². The summed E-state index contributed by atoms with van der Waals surface area (Å²) in [7, 11) is 0. The monoisotopic (exact) mass is 406 g/mol. The zero-order valence-corrected chi connectivity index (χ0v) is 16.2. The van der Waals surface area contributed by atoms with Gasteiger partial charge in [0.05, 0.1) is 16.1 Å². The van der Waals surface area contributed by atoms with E-state index in [0.29, 0.717) is 15.8 Å². The molecule has 3 rings (SSSR count). The molecule has 1 fully saturated rings. The van der Waals surface area contributed by atoms with Crippen LogP contribution in [0.3, 0.4) is 0 Å². The van der Waals surface area contributed by atoms with Crippen LogP contribution in [-0.4, -0.2) is 30.4 Å². The number of thiophene rings is 1. The summed E-state index contributed by atoms with van der Waals surface area (Å²) >= 11 is 7.27. The van der Waals surface area contributed by atoms with Gasteiger partial charge in [-0.3, -0.25) is 9.59 Å². The molecule has 8 heteroatoms. The minimum atomic E-state index is -0.706. The smallest absolute Gasteiger partial charge is 0.340 e. The van der Waals surface area contributed by atoms with Crippen molar-refractivity contribution >= 4 is 46.4 Å². The van der Waals surface area contributed by atoms with Gasteiger partial charge in [0.2, 0.25) is 0 Å². The van der Waals surface area contributed by atoms with Crippen LogP contribution in [0.15, 0.2) is 35.7 Å². The molecule has 0 saturated heterocycles. The highest BCUT2D eigenvalue weighted by Gasteiger charge is 2.29. The number of ether oxygens (including phenoxy) is 1. The fraction of sp³-hybridized carbons (Fsp3) is 0.316.